The predicted octanol–water partition coefficient (Wildman–Crippen LogP) is -0.0735. The van der Waals surface area contributed by atoms with Crippen LogP contribution in [0.2, 0.25) is 0 Å². The van der Waals surface area contributed by atoms with Crippen LogP contribution >= 0.6 is 0 Å². The van der Waals surface area contributed by atoms with Gasteiger partial charge < -0.3 is 10.1 Å². The van der Waals surface area contributed by atoms with Gasteiger partial charge in [-0.3, -0.25) is 4.90 Å². The summed E-state index contributed by atoms with van der Waals surface area (Å²) in [5, 5.41) is 3.44. The van der Waals surface area contributed by atoms with Gasteiger partial charge in [-0.2, -0.15) is 0 Å². The zero-order valence-electron chi connectivity index (χ0n) is 7.75. The predicted molar refractivity (Wildman–Crippen MR) is 48.2 cm³/mol. The van der Waals surface area contributed by atoms with Gasteiger partial charge in [-0.05, 0) is 20.0 Å². The van der Waals surface area contributed by atoms with Crippen molar-refractivity contribution in [3.8, 4) is 0 Å². The molecular weight excluding hydrogens is 152 g/mol. The maximum Gasteiger partial charge on any atom is 0.0593 e. The SMILES string of the molecule is CN1CCOC[C@H]2CCNC[C@H]21. The number of fused-ring (bicyclic) bond motifs is 1. The van der Waals surface area contributed by atoms with Crippen LogP contribution in [-0.2, 0) is 4.74 Å². The molecule has 2 fully saturated rings. The molecule has 12 heavy (non-hydrogen) atoms. The van der Waals surface area contributed by atoms with Gasteiger partial charge in [0, 0.05) is 25.0 Å². The molecule has 0 aromatic carbocycles. The molecule has 70 valence electrons. The number of hydrogen-bond donors (Lipinski definition) is 1. The van der Waals surface area contributed by atoms with Gasteiger partial charge in [-0.1, -0.05) is 0 Å². The lowest BCUT2D eigenvalue weighted by atomic mass is 9.93. The van der Waals surface area contributed by atoms with E-state index < -0.39 is 0 Å². The average molecular weight is 170 g/mol. The zero-order chi connectivity index (χ0) is 8.39. The Morgan fingerprint density at radius 3 is 3.33 bits per heavy atom. The van der Waals surface area contributed by atoms with Crippen molar-refractivity contribution in [1.29, 1.82) is 0 Å². The van der Waals surface area contributed by atoms with Crippen molar-refractivity contribution in [2.45, 2.75) is 12.5 Å². The van der Waals surface area contributed by atoms with Crippen molar-refractivity contribution < 1.29 is 4.74 Å². The Kier molecular flexibility index (Phi) is 2.63. The first-order valence-corrected chi connectivity index (χ1v) is 4.86. The van der Waals surface area contributed by atoms with Crippen molar-refractivity contribution in [2.75, 3.05) is 39.9 Å². The van der Waals surface area contributed by atoms with Crippen molar-refractivity contribution in [3.63, 3.8) is 0 Å². The number of likely N-dealkylation sites (N-methyl/N-ethyl adjacent to an activating group) is 1. The number of rotatable bonds is 0. The van der Waals surface area contributed by atoms with Crippen LogP contribution in [-0.4, -0.2) is 50.8 Å². The highest BCUT2D eigenvalue weighted by molar-refractivity contribution is 4.85. The minimum atomic E-state index is 0.709. The second-order valence-electron chi connectivity index (χ2n) is 3.88. The first-order chi connectivity index (χ1) is 5.88. The second kappa shape index (κ2) is 3.73. The third kappa shape index (κ3) is 1.63. The lowest BCUT2D eigenvalue weighted by molar-refractivity contribution is 0.103. The Morgan fingerprint density at radius 1 is 1.50 bits per heavy atom. The molecule has 0 amide bonds. The van der Waals surface area contributed by atoms with E-state index in [0.29, 0.717) is 6.04 Å². The standard InChI is InChI=1S/C9H18N2O/c1-11-4-5-12-7-8-2-3-10-6-9(8)11/h8-10H,2-7H2,1H3/t8-,9-/m1/s1. The summed E-state index contributed by atoms with van der Waals surface area (Å²) >= 11 is 0. The molecule has 0 aromatic rings. The summed E-state index contributed by atoms with van der Waals surface area (Å²) in [6.45, 7) is 5.27. The van der Waals surface area contributed by atoms with E-state index in [1.165, 1.54) is 13.0 Å². The molecule has 2 heterocycles. The van der Waals surface area contributed by atoms with E-state index in [9.17, 15) is 0 Å². The average Bonchev–Trinajstić information content (AvgIpc) is 2.29. The van der Waals surface area contributed by atoms with Crippen LogP contribution in [0.4, 0.5) is 0 Å². The van der Waals surface area contributed by atoms with Crippen molar-refractivity contribution in [3.05, 3.63) is 0 Å². The Bertz CT molecular complexity index is 151. The highest BCUT2D eigenvalue weighted by Crippen LogP contribution is 2.19. The fourth-order valence-corrected chi connectivity index (χ4v) is 2.22. The maximum absolute atomic E-state index is 5.56. The molecule has 0 bridgehead atoms. The third-order valence-corrected chi connectivity index (χ3v) is 3.08. The molecule has 3 heteroatoms. The summed E-state index contributed by atoms with van der Waals surface area (Å²) in [6, 6.07) is 0.709. The minimum Gasteiger partial charge on any atom is -0.380 e. The summed E-state index contributed by atoms with van der Waals surface area (Å²) in [6.07, 6.45) is 1.27. The maximum atomic E-state index is 5.56. The van der Waals surface area contributed by atoms with Crippen LogP contribution in [0.3, 0.4) is 0 Å². The molecule has 0 aromatic heterocycles. The Hall–Kier alpha value is -0.120. The van der Waals surface area contributed by atoms with E-state index in [1.807, 2.05) is 0 Å². The first-order valence-electron chi connectivity index (χ1n) is 4.86. The number of nitrogens with zero attached hydrogens (tertiary/aromatic N) is 1. The van der Waals surface area contributed by atoms with Crippen LogP contribution in [0.25, 0.3) is 0 Å². The van der Waals surface area contributed by atoms with E-state index in [4.69, 9.17) is 4.74 Å². The number of piperidine rings is 1. The summed E-state index contributed by atoms with van der Waals surface area (Å²) in [7, 11) is 2.21. The second-order valence-corrected chi connectivity index (χ2v) is 3.88. The molecule has 0 saturated carbocycles. The van der Waals surface area contributed by atoms with Crippen LogP contribution in [0.15, 0.2) is 0 Å². The van der Waals surface area contributed by atoms with Gasteiger partial charge in [-0.15, -0.1) is 0 Å². The molecule has 2 aliphatic heterocycles. The zero-order valence-corrected chi connectivity index (χ0v) is 7.75. The van der Waals surface area contributed by atoms with E-state index in [2.05, 4.69) is 17.3 Å². The molecule has 2 aliphatic rings. The lowest BCUT2D eigenvalue weighted by Gasteiger charge is -2.35. The topological polar surface area (TPSA) is 24.5 Å². The monoisotopic (exact) mass is 170 g/mol. The molecule has 2 saturated heterocycles. The third-order valence-electron chi connectivity index (χ3n) is 3.08. The molecule has 0 aliphatic carbocycles. The molecule has 3 nitrogen and oxygen atoms in total. The fourth-order valence-electron chi connectivity index (χ4n) is 2.22. The summed E-state index contributed by atoms with van der Waals surface area (Å²) in [4.78, 5) is 2.43. The van der Waals surface area contributed by atoms with Crippen molar-refractivity contribution >= 4 is 0 Å². The van der Waals surface area contributed by atoms with Crippen LogP contribution in [0, 0.1) is 5.92 Å². The number of ether oxygens (including phenoxy) is 1. The first kappa shape index (κ1) is 8.48. The van der Waals surface area contributed by atoms with Crippen molar-refractivity contribution in [1.82, 2.24) is 10.2 Å². The van der Waals surface area contributed by atoms with Crippen LogP contribution in [0.5, 0.6) is 0 Å². The van der Waals surface area contributed by atoms with Gasteiger partial charge in [-0.25, -0.2) is 0 Å². The van der Waals surface area contributed by atoms with Gasteiger partial charge in [0.05, 0.1) is 13.2 Å². The van der Waals surface area contributed by atoms with Gasteiger partial charge in [0.25, 0.3) is 0 Å². The Balaban J connectivity index is 2.01. The lowest BCUT2D eigenvalue weighted by Crippen LogP contribution is -2.49. The van der Waals surface area contributed by atoms with E-state index >= 15 is 0 Å². The van der Waals surface area contributed by atoms with Gasteiger partial charge >= 0.3 is 0 Å². The molecule has 1 N–H and O–H groups in total. The summed E-state index contributed by atoms with van der Waals surface area (Å²) in [5.41, 5.74) is 0. The molecule has 2 rings (SSSR count). The fraction of sp³-hybridized carbons (Fsp3) is 1.00. The van der Waals surface area contributed by atoms with Gasteiger partial charge in [0.1, 0.15) is 0 Å². The van der Waals surface area contributed by atoms with Crippen LogP contribution in [0.1, 0.15) is 6.42 Å². The largest absolute Gasteiger partial charge is 0.380 e. The molecule has 2 atom stereocenters. The molecule has 0 unspecified atom stereocenters. The van der Waals surface area contributed by atoms with E-state index in [-0.39, 0.29) is 0 Å². The Labute approximate surface area is 74.1 Å². The van der Waals surface area contributed by atoms with Crippen molar-refractivity contribution in [2.24, 2.45) is 5.92 Å². The number of nitrogens with one attached hydrogen (secondary N) is 1. The molecule has 0 spiro atoms. The normalized spacial score (nSPS) is 38.8. The highest BCUT2D eigenvalue weighted by atomic mass is 16.5. The summed E-state index contributed by atoms with van der Waals surface area (Å²) in [5.74, 6) is 0.763. The molecular formula is C9H18N2O. The molecule has 0 radical (unpaired) electrons. The van der Waals surface area contributed by atoms with Gasteiger partial charge in [0.2, 0.25) is 0 Å². The van der Waals surface area contributed by atoms with E-state index in [0.717, 1.165) is 32.2 Å². The van der Waals surface area contributed by atoms with E-state index in [1.54, 1.807) is 0 Å². The van der Waals surface area contributed by atoms with Crippen LogP contribution < -0.4 is 5.32 Å². The minimum absolute atomic E-state index is 0.709. The summed E-state index contributed by atoms with van der Waals surface area (Å²) < 4.78 is 5.56. The Morgan fingerprint density at radius 2 is 2.42 bits per heavy atom. The quantitative estimate of drug-likeness (QED) is 0.550. The smallest absolute Gasteiger partial charge is 0.0593 e. The highest BCUT2D eigenvalue weighted by Gasteiger charge is 2.29. The van der Waals surface area contributed by atoms with Gasteiger partial charge in [0.15, 0.2) is 0 Å². The number of hydrogen-bond acceptors (Lipinski definition) is 3.